The summed E-state index contributed by atoms with van der Waals surface area (Å²) in [4.78, 5) is 5.14. The van der Waals surface area contributed by atoms with Crippen molar-refractivity contribution in [2.45, 2.75) is 95.3 Å². The summed E-state index contributed by atoms with van der Waals surface area (Å²) in [6.45, 7) is 8.94. The fraction of sp³-hybridized carbons (Fsp3) is 0.217. The van der Waals surface area contributed by atoms with Gasteiger partial charge in [0, 0.05) is 11.8 Å². The van der Waals surface area contributed by atoms with E-state index in [0.29, 0.717) is 11.5 Å². The van der Waals surface area contributed by atoms with Crippen LogP contribution in [0, 0.1) is 22.9 Å². The van der Waals surface area contributed by atoms with Crippen LogP contribution in [0.1, 0.15) is 102 Å². The number of benzene rings is 8. The molecule has 4 aliphatic rings. The zero-order valence-electron chi connectivity index (χ0n) is 42.8. The van der Waals surface area contributed by atoms with E-state index in [1.54, 1.807) is 33.4 Å². The second-order valence-electron chi connectivity index (χ2n) is 22.8. The fourth-order valence-electron chi connectivity index (χ4n) is 14.4. The third kappa shape index (κ3) is 6.66. The average Bonchev–Trinajstić information content (AvgIpc) is 4.48. The number of fused-ring (bicyclic) bond motifs is 12. The summed E-state index contributed by atoms with van der Waals surface area (Å²) in [7, 11) is 0. The van der Waals surface area contributed by atoms with E-state index in [0.717, 1.165) is 105 Å². The van der Waals surface area contributed by atoms with Gasteiger partial charge in [-0.15, -0.1) is 0 Å². The quantitative estimate of drug-likeness (QED) is 0.156. The Morgan fingerprint density at radius 1 is 0.547 bits per heavy atom. The summed E-state index contributed by atoms with van der Waals surface area (Å²) < 4.78 is 15.3. The molecule has 4 aliphatic carbocycles. The number of hydrogen-bond donors (Lipinski definition) is 0. The number of ether oxygens (including phenoxy) is 1. The predicted octanol–water partition coefficient (Wildman–Crippen LogP) is 16.0. The molecule has 0 radical (unpaired) electrons. The van der Waals surface area contributed by atoms with Crippen LogP contribution < -0.4 is 4.74 Å². The van der Waals surface area contributed by atoms with Gasteiger partial charge in [-0.25, -0.2) is 0 Å². The van der Waals surface area contributed by atoms with Crippen LogP contribution in [0.2, 0.25) is 0 Å². The molecule has 370 valence electrons. The topological polar surface area (TPSA) is 36.9 Å². The van der Waals surface area contributed by atoms with Crippen molar-refractivity contribution in [3.63, 3.8) is 0 Å². The number of imidazole rings is 1. The normalized spacial score (nSPS) is 18.4. The van der Waals surface area contributed by atoms with Crippen LogP contribution >= 0.6 is 0 Å². The van der Waals surface area contributed by atoms with Gasteiger partial charge in [0.05, 0.1) is 0 Å². The molecule has 0 amide bonds. The molecule has 0 saturated carbocycles. The molecule has 0 saturated heterocycles. The Hall–Kier alpha value is -7.33. The third-order valence-electron chi connectivity index (χ3n) is 17.9. The van der Waals surface area contributed by atoms with Crippen LogP contribution in [0.15, 0.2) is 170 Å². The zero-order chi connectivity index (χ0) is 50.4. The third-order valence-corrected chi connectivity index (χ3v) is 18.9. The first-order valence-corrected chi connectivity index (χ1v) is 28.0. The molecule has 2 unspecified atom stereocenters. The average molecular weight is 1150 g/mol. The molecule has 75 heavy (non-hydrogen) atoms. The molecule has 8 aromatic carbocycles. The molecule has 11 aromatic rings. The standard InChI is InChI=1S/C69H56N4O.Pt/c1-44-38-63(70-42-56(44)45-24-26-50(27-25-45)67(2,3)4)73-59-21-10-7-18-54(59)55-29-28-53(41-62(55)73)74-52-17-13-16-51(40-52)71-43-72(61-23-12-11-22-60(61)71)66-64-48(32-36-68(64)34-30-46-14-5-8-19-57(46)68)39-49-33-37-69(65(49)66)35-31-47-15-6-9-20-58(47)69;/h5-29,38-39,42H,30-37H2,1-4H3;/q-2;. The molecule has 0 bridgehead atoms. The van der Waals surface area contributed by atoms with Crippen LogP contribution in [0.5, 0.6) is 11.5 Å². The predicted molar refractivity (Wildman–Crippen MR) is 299 cm³/mol. The van der Waals surface area contributed by atoms with Crippen LogP contribution in [0.3, 0.4) is 0 Å². The first-order chi connectivity index (χ1) is 36.6. The van der Waals surface area contributed by atoms with E-state index >= 15 is 0 Å². The molecule has 5 nitrogen and oxygen atoms in total. The van der Waals surface area contributed by atoms with Crippen molar-refractivity contribution in [3.8, 4) is 39.8 Å². The summed E-state index contributed by atoms with van der Waals surface area (Å²) in [6, 6.07) is 68.1. The van der Waals surface area contributed by atoms with Crippen molar-refractivity contribution in [3.05, 3.63) is 242 Å². The van der Waals surface area contributed by atoms with Crippen molar-refractivity contribution >= 4 is 32.8 Å². The number of para-hydroxylation sites is 3. The zero-order valence-corrected chi connectivity index (χ0v) is 45.1. The van der Waals surface area contributed by atoms with Gasteiger partial charge in [0.15, 0.2) is 0 Å². The maximum absolute atomic E-state index is 6.86. The Balaban J connectivity index is 0.858. The van der Waals surface area contributed by atoms with Gasteiger partial charge in [-0.1, -0.05) is 57.2 Å². The van der Waals surface area contributed by atoms with Crippen molar-refractivity contribution < 1.29 is 24.1 Å². The molecular weight excluding hydrogens is 1100 g/mol. The first-order valence-electron chi connectivity index (χ1n) is 26.9. The second-order valence-corrected chi connectivity index (χ2v) is 23.8. The minimum absolute atomic E-state index is 0.0296. The minimum Gasteiger partial charge on any atom is -0.0579 e. The van der Waals surface area contributed by atoms with Gasteiger partial charge in [0.1, 0.15) is 0 Å². The molecule has 3 heterocycles. The van der Waals surface area contributed by atoms with Gasteiger partial charge >= 0.3 is 354 Å². The van der Waals surface area contributed by atoms with Crippen molar-refractivity contribution in [1.29, 1.82) is 0 Å². The van der Waals surface area contributed by atoms with Crippen molar-refractivity contribution in [1.82, 2.24) is 18.7 Å². The van der Waals surface area contributed by atoms with Gasteiger partial charge in [-0.3, -0.25) is 0 Å². The van der Waals surface area contributed by atoms with Crippen LogP contribution in [0.4, 0.5) is 0 Å². The first kappa shape index (κ1) is 45.1. The van der Waals surface area contributed by atoms with Gasteiger partial charge in [-0.2, -0.15) is 0 Å². The van der Waals surface area contributed by atoms with Crippen LogP contribution in [0.25, 0.3) is 61.2 Å². The van der Waals surface area contributed by atoms with Gasteiger partial charge in [-0.05, 0) is 29.0 Å². The second kappa shape index (κ2) is 16.6. The SMILES string of the molecule is Cc1cc(-n2c3[c-]c(Oc4[c-]c(-n5[c](=[Pt])n(-c6c7c(cc8c6C6(CCc9ccccc96)CC8)CCC76CCc7ccccc76)c6ccccc65)ccc4)ccc3c3ccccc32)ncc1-c1ccc(C(C)(C)C)cc1. The summed E-state index contributed by atoms with van der Waals surface area (Å²) in [5.41, 5.74) is 23.9. The Morgan fingerprint density at radius 2 is 1.13 bits per heavy atom. The summed E-state index contributed by atoms with van der Waals surface area (Å²) >= 11 is 2.63. The molecule has 6 heteroatoms. The molecule has 15 rings (SSSR count). The molecule has 0 aliphatic heterocycles. The Labute approximate surface area is 449 Å². The monoisotopic (exact) mass is 1150 g/mol. The number of pyridine rings is 1. The summed E-state index contributed by atoms with van der Waals surface area (Å²) in [5, 5.41) is 2.24. The molecule has 3 aromatic heterocycles. The van der Waals surface area contributed by atoms with E-state index < -0.39 is 0 Å². The van der Waals surface area contributed by atoms with E-state index in [9.17, 15) is 0 Å². The van der Waals surface area contributed by atoms with Gasteiger partial charge in [0.25, 0.3) is 0 Å². The number of aryl methyl sites for hydroxylation is 5. The summed E-state index contributed by atoms with van der Waals surface area (Å²) in [6.07, 6.45) is 11.1. The Bertz CT molecular complexity index is 4170. The van der Waals surface area contributed by atoms with Crippen molar-refractivity contribution in [2.24, 2.45) is 0 Å². The minimum atomic E-state index is -0.0296. The fourth-order valence-corrected chi connectivity index (χ4v) is 15.5. The van der Waals surface area contributed by atoms with Crippen LogP contribution in [-0.4, -0.2) is 18.7 Å². The number of aromatic nitrogens is 4. The molecule has 0 fully saturated rings. The van der Waals surface area contributed by atoms with E-state index in [-0.39, 0.29) is 16.2 Å². The van der Waals surface area contributed by atoms with Crippen LogP contribution in [-0.2, 0) is 61.3 Å². The maximum atomic E-state index is 6.86. The van der Waals surface area contributed by atoms with Crippen molar-refractivity contribution in [2.75, 3.05) is 0 Å². The smallest absolute Gasteiger partial charge is 0.0579 e. The number of hydrogen-bond acceptors (Lipinski definition) is 2. The molecular formula is C69H56N4OPt-2. The van der Waals surface area contributed by atoms with E-state index in [1.165, 1.54) is 33.5 Å². The van der Waals surface area contributed by atoms with E-state index in [4.69, 9.17) is 9.72 Å². The number of rotatable bonds is 6. The van der Waals surface area contributed by atoms with Gasteiger partial charge in [0.2, 0.25) is 0 Å². The van der Waals surface area contributed by atoms with Gasteiger partial charge < -0.3 is 0 Å². The van der Waals surface area contributed by atoms with E-state index in [2.05, 4.69) is 225 Å². The molecule has 2 atom stereocenters. The molecule has 2 spiro atoms. The molecule has 0 N–H and O–H groups in total. The number of nitrogens with zero attached hydrogens (tertiary/aromatic N) is 4. The summed E-state index contributed by atoms with van der Waals surface area (Å²) in [5.74, 6) is 2.10. The van der Waals surface area contributed by atoms with E-state index in [1.807, 2.05) is 18.3 Å². The Kier molecular flexibility index (Phi) is 9.97. The Morgan fingerprint density at radius 3 is 1.79 bits per heavy atom.